The normalized spacial score (nSPS) is 27.4. The van der Waals surface area contributed by atoms with Crippen LogP contribution in [0.1, 0.15) is 26.2 Å². The highest BCUT2D eigenvalue weighted by atomic mass is 32.2. The maximum absolute atomic E-state index is 11.2. The molecule has 1 heterocycles. The predicted molar refractivity (Wildman–Crippen MR) is 52.8 cm³/mol. The Morgan fingerprint density at radius 1 is 1.57 bits per heavy atom. The Morgan fingerprint density at radius 3 is 2.57 bits per heavy atom. The van der Waals surface area contributed by atoms with E-state index in [0.29, 0.717) is 6.42 Å². The molecule has 1 N–H and O–H groups in total. The van der Waals surface area contributed by atoms with Gasteiger partial charge in [0.15, 0.2) is 9.84 Å². The molecule has 2 atom stereocenters. The van der Waals surface area contributed by atoms with E-state index in [1.165, 1.54) is 0 Å². The topological polar surface area (TPSA) is 71.4 Å². The molecular weight excluding hydrogens is 204 g/mol. The molecule has 0 aromatic heterocycles. The Bertz CT molecular complexity index is 307. The quantitative estimate of drug-likeness (QED) is 0.764. The minimum absolute atomic E-state index is 0.0183. The molecule has 2 unspecified atom stereocenters. The minimum atomic E-state index is -2.88. The van der Waals surface area contributed by atoms with Gasteiger partial charge in [-0.05, 0) is 18.3 Å². The monoisotopic (exact) mass is 220 g/mol. The summed E-state index contributed by atoms with van der Waals surface area (Å²) in [6.45, 7) is 1.92. The smallest absolute Gasteiger partial charge is 0.303 e. The highest BCUT2D eigenvalue weighted by Gasteiger charge is 2.33. The van der Waals surface area contributed by atoms with Crippen LogP contribution >= 0.6 is 0 Å². The standard InChI is InChI=1S/C9H16O4S/c1-2-7(5-9(10)11)8-3-4-14(12,13)6-8/h7-8H,2-6H2,1H3,(H,10,11). The summed E-state index contributed by atoms with van der Waals surface area (Å²) in [6, 6.07) is 0. The molecule has 0 saturated carbocycles. The van der Waals surface area contributed by atoms with Crippen LogP contribution in [0.5, 0.6) is 0 Å². The summed E-state index contributed by atoms with van der Waals surface area (Å²) in [4.78, 5) is 10.5. The van der Waals surface area contributed by atoms with E-state index in [4.69, 9.17) is 5.11 Å². The summed E-state index contributed by atoms with van der Waals surface area (Å²) >= 11 is 0. The fourth-order valence-electron chi connectivity index (χ4n) is 2.06. The summed E-state index contributed by atoms with van der Waals surface area (Å²) in [7, 11) is -2.88. The summed E-state index contributed by atoms with van der Waals surface area (Å²) in [5.74, 6) is -0.348. The first-order chi connectivity index (χ1) is 6.44. The van der Waals surface area contributed by atoms with Gasteiger partial charge in [0.2, 0.25) is 0 Å². The molecule has 0 aliphatic carbocycles. The molecule has 5 heteroatoms. The number of aliphatic carboxylic acids is 1. The number of carboxylic acids is 1. The second-order valence-corrected chi connectivity index (χ2v) is 6.16. The third-order valence-electron chi connectivity index (χ3n) is 2.90. The van der Waals surface area contributed by atoms with Gasteiger partial charge in [-0.15, -0.1) is 0 Å². The van der Waals surface area contributed by atoms with Crippen molar-refractivity contribution < 1.29 is 18.3 Å². The van der Waals surface area contributed by atoms with Gasteiger partial charge >= 0.3 is 5.97 Å². The number of carbonyl (C=O) groups is 1. The Hall–Kier alpha value is -0.580. The summed E-state index contributed by atoms with van der Waals surface area (Å²) in [5.41, 5.74) is 0. The van der Waals surface area contributed by atoms with Crippen molar-refractivity contribution in [1.82, 2.24) is 0 Å². The van der Waals surface area contributed by atoms with Crippen LogP contribution < -0.4 is 0 Å². The fourth-order valence-corrected chi connectivity index (χ4v) is 3.98. The van der Waals surface area contributed by atoms with Crippen molar-refractivity contribution in [2.24, 2.45) is 11.8 Å². The van der Waals surface area contributed by atoms with Gasteiger partial charge in [0, 0.05) is 6.42 Å². The van der Waals surface area contributed by atoms with E-state index in [-0.39, 0.29) is 29.8 Å². The maximum atomic E-state index is 11.2. The van der Waals surface area contributed by atoms with Crippen molar-refractivity contribution in [3.8, 4) is 0 Å². The molecule has 1 fully saturated rings. The molecule has 0 amide bonds. The molecule has 0 radical (unpaired) electrons. The van der Waals surface area contributed by atoms with Gasteiger partial charge in [-0.25, -0.2) is 8.42 Å². The van der Waals surface area contributed by atoms with Crippen LogP contribution in [0.2, 0.25) is 0 Å². The number of sulfone groups is 1. The van der Waals surface area contributed by atoms with Gasteiger partial charge in [0.25, 0.3) is 0 Å². The van der Waals surface area contributed by atoms with Crippen LogP contribution in [-0.2, 0) is 14.6 Å². The summed E-state index contributed by atoms with van der Waals surface area (Å²) < 4.78 is 22.4. The highest BCUT2D eigenvalue weighted by Crippen LogP contribution is 2.30. The number of carboxylic acid groups (broad SMARTS) is 1. The molecule has 1 aliphatic heterocycles. The fraction of sp³-hybridized carbons (Fsp3) is 0.889. The molecule has 0 aromatic rings. The van der Waals surface area contributed by atoms with Crippen molar-refractivity contribution in [3.05, 3.63) is 0 Å². The van der Waals surface area contributed by atoms with Crippen LogP contribution in [-0.4, -0.2) is 31.0 Å². The second-order valence-electron chi connectivity index (χ2n) is 3.93. The van der Waals surface area contributed by atoms with E-state index >= 15 is 0 Å². The van der Waals surface area contributed by atoms with Gasteiger partial charge in [0.1, 0.15) is 0 Å². The van der Waals surface area contributed by atoms with E-state index in [2.05, 4.69) is 0 Å². The van der Waals surface area contributed by atoms with Crippen LogP contribution in [0, 0.1) is 11.8 Å². The highest BCUT2D eigenvalue weighted by molar-refractivity contribution is 7.91. The van der Waals surface area contributed by atoms with Gasteiger partial charge in [0.05, 0.1) is 11.5 Å². The molecule has 0 spiro atoms. The average molecular weight is 220 g/mol. The lowest BCUT2D eigenvalue weighted by Crippen LogP contribution is -2.19. The molecular formula is C9H16O4S. The molecule has 14 heavy (non-hydrogen) atoms. The van der Waals surface area contributed by atoms with Crippen molar-refractivity contribution in [2.45, 2.75) is 26.2 Å². The molecule has 82 valence electrons. The Morgan fingerprint density at radius 2 is 2.21 bits per heavy atom. The Kier molecular flexibility index (Phi) is 3.53. The predicted octanol–water partition coefficient (Wildman–Crippen LogP) is 0.922. The van der Waals surface area contributed by atoms with Crippen LogP contribution in [0.25, 0.3) is 0 Å². The van der Waals surface area contributed by atoms with Gasteiger partial charge in [-0.2, -0.15) is 0 Å². The summed E-state index contributed by atoms with van der Waals surface area (Å²) in [6.07, 6.45) is 1.47. The zero-order valence-corrected chi connectivity index (χ0v) is 9.09. The molecule has 0 bridgehead atoms. The Labute approximate surface area is 84.2 Å². The Balaban J connectivity index is 2.59. The number of hydrogen-bond acceptors (Lipinski definition) is 3. The lowest BCUT2D eigenvalue weighted by Gasteiger charge is -2.18. The first kappa shape index (κ1) is 11.5. The molecule has 0 aromatic carbocycles. The van der Waals surface area contributed by atoms with Crippen molar-refractivity contribution >= 4 is 15.8 Å². The molecule has 1 saturated heterocycles. The van der Waals surface area contributed by atoms with E-state index < -0.39 is 15.8 Å². The van der Waals surface area contributed by atoms with E-state index in [9.17, 15) is 13.2 Å². The summed E-state index contributed by atoms with van der Waals surface area (Å²) in [5, 5.41) is 8.66. The molecule has 1 rings (SSSR count). The lowest BCUT2D eigenvalue weighted by atomic mass is 9.87. The number of rotatable bonds is 4. The lowest BCUT2D eigenvalue weighted by molar-refractivity contribution is -0.138. The first-order valence-corrected chi connectivity index (χ1v) is 6.69. The SMILES string of the molecule is CCC(CC(=O)O)C1CCS(=O)(=O)C1. The van der Waals surface area contributed by atoms with Crippen molar-refractivity contribution in [1.29, 1.82) is 0 Å². The average Bonchev–Trinajstić information content (AvgIpc) is 2.41. The zero-order valence-electron chi connectivity index (χ0n) is 8.27. The van der Waals surface area contributed by atoms with Crippen LogP contribution in [0.3, 0.4) is 0 Å². The minimum Gasteiger partial charge on any atom is -0.481 e. The van der Waals surface area contributed by atoms with Crippen molar-refractivity contribution in [2.75, 3.05) is 11.5 Å². The van der Waals surface area contributed by atoms with Crippen LogP contribution in [0.4, 0.5) is 0 Å². The van der Waals surface area contributed by atoms with E-state index in [1.54, 1.807) is 0 Å². The third kappa shape index (κ3) is 2.97. The molecule has 1 aliphatic rings. The first-order valence-electron chi connectivity index (χ1n) is 4.87. The molecule has 4 nitrogen and oxygen atoms in total. The van der Waals surface area contributed by atoms with Crippen molar-refractivity contribution in [3.63, 3.8) is 0 Å². The van der Waals surface area contributed by atoms with Gasteiger partial charge in [-0.3, -0.25) is 4.79 Å². The second kappa shape index (κ2) is 4.29. The van der Waals surface area contributed by atoms with Gasteiger partial charge < -0.3 is 5.11 Å². The zero-order chi connectivity index (χ0) is 10.8. The number of hydrogen-bond donors (Lipinski definition) is 1. The van der Waals surface area contributed by atoms with E-state index in [0.717, 1.165) is 6.42 Å². The largest absolute Gasteiger partial charge is 0.481 e. The van der Waals surface area contributed by atoms with Crippen LogP contribution in [0.15, 0.2) is 0 Å². The third-order valence-corrected chi connectivity index (χ3v) is 4.69. The van der Waals surface area contributed by atoms with Gasteiger partial charge in [-0.1, -0.05) is 13.3 Å². The maximum Gasteiger partial charge on any atom is 0.303 e. The van der Waals surface area contributed by atoms with E-state index in [1.807, 2.05) is 6.92 Å².